The van der Waals surface area contributed by atoms with Gasteiger partial charge in [0.1, 0.15) is 5.69 Å². The average molecular weight is 304 g/mol. The molecule has 0 aliphatic rings. The summed E-state index contributed by atoms with van der Waals surface area (Å²) < 4.78 is 0. The summed E-state index contributed by atoms with van der Waals surface area (Å²) in [7, 11) is 0. The van der Waals surface area contributed by atoms with Crippen LogP contribution in [0.4, 0.5) is 11.4 Å². The Morgan fingerprint density at radius 2 is 2.19 bits per heavy atom. The van der Waals surface area contributed by atoms with Crippen LogP contribution in [0.25, 0.3) is 0 Å². The Labute approximate surface area is 127 Å². The topological polar surface area (TPSA) is 81.0 Å². The van der Waals surface area contributed by atoms with E-state index in [0.29, 0.717) is 23.1 Å². The van der Waals surface area contributed by atoms with Crippen LogP contribution in [0.1, 0.15) is 18.2 Å². The second kappa shape index (κ2) is 7.03. The van der Waals surface area contributed by atoms with Crippen LogP contribution in [0.2, 0.25) is 0 Å². The number of nitrogens with one attached hydrogen (secondary N) is 1. The molecule has 2 rings (SSSR count). The maximum absolute atomic E-state index is 11.1. The molecule has 0 spiro atoms. The second-order valence-corrected chi connectivity index (χ2v) is 5.31. The van der Waals surface area contributed by atoms with Crippen LogP contribution < -0.4 is 5.32 Å². The van der Waals surface area contributed by atoms with Gasteiger partial charge in [0.25, 0.3) is 5.69 Å². The quantitative estimate of drug-likeness (QED) is 0.381. The molecule has 0 aliphatic carbocycles. The van der Waals surface area contributed by atoms with E-state index >= 15 is 0 Å². The highest BCUT2D eigenvalue weighted by Crippen LogP contribution is 2.32. The minimum atomic E-state index is -0.366. The second-order valence-electron chi connectivity index (χ2n) is 4.37. The highest BCUT2D eigenvalue weighted by Gasteiger charge is 2.17. The summed E-state index contributed by atoms with van der Waals surface area (Å²) in [5, 5.41) is 14.9. The van der Waals surface area contributed by atoms with E-state index in [1.54, 1.807) is 12.3 Å². The largest absolute Gasteiger partial charge is 0.380 e. The number of aromatic nitrogens is 2. The van der Waals surface area contributed by atoms with Crippen molar-refractivity contribution in [3.63, 3.8) is 0 Å². The number of aryl methyl sites for hydroxylation is 1. The van der Waals surface area contributed by atoms with Gasteiger partial charge < -0.3 is 5.32 Å². The molecule has 1 heterocycles. The SMILES string of the molecule is CCNc1c(CSc2nccc(C)n2)cccc1[N+](=O)[O-]. The summed E-state index contributed by atoms with van der Waals surface area (Å²) in [4.78, 5) is 19.2. The Balaban J connectivity index is 2.23. The molecule has 0 radical (unpaired) electrons. The van der Waals surface area contributed by atoms with Crippen LogP contribution >= 0.6 is 11.8 Å². The predicted octanol–water partition coefficient (Wildman–Crippen LogP) is 3.42. The molecule has 2 aromatic rings. The summed E-state index contributed by atoms with van der Waals surface area (Å²) in [5.41, 5.74) is 2.45. The number of nitro benzene ring substituents is 1. The molecule has 1 aromatic carbocycles. The van der Waals surface area contributed by atoms with Gasteiger partial charge in [0.05, 0.1) is 4.92 Å². The fourth-order valence-corrected chi connectivity index (χ4v) is 2.75. The summed E-state index contributed by atoms with van der Waals surface area (Å²) in [5.74, 6) is 0.577. The first-order valence-corrected chi connectivity index (χ1v) is 7.53. The van der Waals surface area contributed by atoms with Crippen molar-refractivity contribution in [1.82, 2.24) is 9.97 Å². The Morgan fingerprint density at radius 3 is 2.86 bits per heavy atom. The zero-order valence-electron chi connectivity index (χ0n) is 11.9. The maximum atomic E-state index is 11.1. The van der Waals surface area contributed by atoms with Crippen molar-refractivity contribution >= 4 is 23.1 Å². The van der Waals surface area contributed by atoms with Crippen LogP contribution in [0.5, 0.6) is 0 Å². The Kier molecular flexibility index (Phi) is 5.10. The molecule has 0 unspecified atom stereocenters. The van der Waals surface area contributed by atoms with Crippen LogP contribution in [0.15, 0.2) is 35.6 Å². The molecule has 0 fully saturated rings. The summed E-state index contributed by atoms with van der Waals surface area (Å²) in [6.07, 6.45) is 1.71. The molecule has 0 saturated carbocycles. The highest BCUT2D eigenvalue weighted by molar-refractivity contribution is 7.98. The third-order valence-electron chi connectivity index (χ3n) is 2.81. The van der Waals surface area contributed by atoms with E-state index < -0.39 is 0 Å². The molecule has 110 valence electrons. The lowest BCUT2D eigenvalue weighted by Gasteiger charge is -2.10. The van der Waals surface area contributed by atoms with E-state index in [0.717, 1.165) is 11.3 Å². The van der Waals surface area contributed by atoms with Crippen LogP contribution in [0, 0.1) is 17.0 Å². The molecule has 6 nitrogen and oxygen atoms in total. The number of thioether (sulfide) groups is 1. The normalized spacial score (nSPS) is 10.4. The van der Waals surface area contributed by atoms with Gasteiger partial charge in [0, 0.05) is 30.3 Å². The number of rotatable bonds is 6. The van der Waals surface area contributed by atoms with E-state index in [-0.39, 0.29) is 10.6 Å². The van der Waals surface area contributed by atoms with Gasteiger partial charge in [-0.3, -0.25) is 10.1 Å². The van der Waals surface area contributed by atoms with Gasteiger partial charge in [-0.05, 0) is 25.5 Å². The van der Waals surface area contributed by atoms with Gasteiger partial charge in [-0.25, -0.2) is 9.97 Å². The molecule has 0 atom stereocenters. The molecule has 0 saturated heterocycles. The van der Waals surface area contributed by atoms with Crippen molar-refractivity contribution in [3.05, 3.63) is 51.8 Å². The molecule has 7 heteroatoms. The number of hydrogen-bond acceptors (Lipinski definition) is 6. The minimum Gasteiger partial charge on any atom is -0.380 e. The highest BCUT2D eigenvalue weighted by atomic mass is 32.2. The van der Waals surface area contributed by atoms with E-state index in [9.17, 15) is 10.1 Å². The lowest BCUT2D eigenvalue weighted by atomic mass is 10.1. The van der Waals surface area contributed by atoms with Gasteiger partial charge in [-0.15, -0.1) is 0 Å². The van der Waals surface area contributed by atoms with Gasteiger partial charge in [0.2, 0.25) is 0 Å². The van der Waals surface area contributed by atoms with Gasteiger partial charge in [-0.1, -0.05) is 23.9 Å². The van der Waals surface area contributed by atoms with Gasteiger partial charge in [0.15, 0.2) is 5.16 Å². The van der Waals surface area contributed by atoms with E-state index in [4.69, 9.17) is 0 Å². The first kappa shape index (κ1) is 15.2. The number of nitro groups is 1. The zero-order chi connectivity index (χ0) is 15.2. The average Bonchev–Trinajstić information content (AvgIpc) is 2.46. The third kappa shape index (κ3) is 3.91. The smallest absolute Gasteiger partial charge is 0.292 e. The molecule has 0 bridgehead atoms. The molecule has 1 aromatic heterocycles. The molecule has 1 N–H and O–H groups in total. The van der Waals surface area contributed by atoms with Crippen molar-refractivity contribution in [1.29, 1.82) is 0 Å². The number of nitrogens with zero attached hydrogens (tertiary/aromatic N) is 3. The fraction of sp³-hybridized carbons (Fsp3) is 0.286. The molecular weight excluding hydrogens is 288 g/mol. The van der Waals surface area contributed by atoms with Crippen molar-refractivity contribution in [2.24, 2.45) is 0 Å². The summed E-state index contributed by atoms with van der Waals surface area (Å²) in [6, 6.07) is 6.93. The predicted molar refractivity (Wildman–Crippen MR) is 83.6 cm³/mol. The van der Waals surface area contributed by atoms with Crippen LogP contribution in [-0.4, -0.2) is 21.4 Å². The summed E-state index contributed by atoms with van der Waals surface area (Å²) >= 11 is 1.46. The van der Waals surface area contributed by atoms with Crippen molar-refractivity contribution in [2.75, 3.05) is 11.9 Å². The molecule has 0 amide bonds. The standard InChI is InChI=1S/C14H16N4O2S/c1-3-15-13-11(5-4-6-12(13)18(19)20)9-21-14-16-8-7-10(2)17-14/h4-8,15H,3,9H2,1-2H3. The molecule has 21 heavy (non-hydrogen) atoms. The van der Waals surface area contributed by atoms with Crippen molar-refractivity contribution < 1.29 is 4.92 Å². The van der Waals surface area contributed by atoms with Crippen LogP contribution in [-0.2, 0) is 5.75 Å². The number of hydrogen-bond donors (Lipinski definition) is 1. The first-order valence-electron chi connectivity index (χ1n) is 6.54. The lowest BCUT2D eigenvalue weighted by molar-refractivity contribution is -0.384. The lowest BCUT2D eigenvalue weighted by Crippen LogP contribution is -2.04. The van der Waals surface area contributed by atoms with Gasteiger partial charge in [-0.2, -0.15) is 0 Å². The zero-order valence-corrected chi connectivity index (χ0v) is 12.7. The number of benzene rings is 1. The molecular formula is C14H16N4O2S. The van der Waals surface area contributed by atoms with Gasteiger partial charge >= 0.3 is 0 Å². The third-order valence-corrected chi connectivity index (χ3v) is 3.72. The van der Waals surface area contributed by atoms with Crippen LogP contribution in [0.3, 0.4) is 0 Å². The van der Waals surface area contributed by atoms with Crippen molar-refractivity contribution in [2.45, 2.75) is 24.8 Å². The minimum absolute atomic E-state index is 0.0973. The van der Waals surface area contributed by atoms with E-state index in [1.165, 1.54) is 17.8 Å². The van der Waals surface area contributed by atoms with Crippen molar-refractivity contribution in [3.8, 4) is 0 Å². The van der Waals surface area contributed by atoms with E-state index in [2.05, 4.69) is 15.3 Å². The summed E-state index contributed by atoms with van der Waals surface area (Å²) in [6.45, 7) is 4.45. The number of anilines is 1. The number of para-hydroxylation sites is 1. The Morgan fingerprint density at radius 1 is 1.38 bits per heavy atom. The molecule has 0 aliphatic heterocycles. The maximum Gasteiger partial charge on any atom is 0.292 e. The van der Waals surface area contributed by atoms with E-state index in [1.807, 2.05) is 26.0 Å². The monoisotopic (exact) mass is 304 g/mol. The Bertz CT molecular complexity index is 649. The fourth-order valence-electron chi connectivity index (χ4n) is 1.88. The first-order chi connectivity index (χ1) is 10.1. The Hall–Kier alpha value is -2.15.